The summed E-state index contributed by atoms with van der Waals surface area (Å²) in [6, 6.07) is 0. The third-order valence-corrected chi connectivity index (χ3v) is 2.80. The largest absolute Gasteiger partial charge is 0.316 e. The van der Waals surface area contributed by atoms with Crippen molar-refractivity contribution in [2.45, 2.75) is 64.7 Å². The van der Waals surface area contributed by atoms with Gasteiger partial charge in [0.2, 0.25) is 0 Å². The molecule has 4 heteroatoms. The third kappa shape index (κ3) is 10.4. The summed E-state index contributed by atoms with van der Waals surface area (Å²) in [4.78, 5) is 0. The van der Waals surface area contributed by atoms with E-state index in [1.165, 1.54) is 25.7 Å². The smallest absolute Gasteiger partial charge is 0.0543 e. The predicted molar refractivity (Wildman–Crippen MR) is 71.0 cm³/mol. The molecule has 6 N–H and O–H groups in total. The van der Waals surface area contributed by atoms with Crippen molar-refractivity contribution in [1.82, 2.24) is 10.6 Å². The minimum absolute atomic E-state index is 0.171. The Kier molecular flexibility index (Phi) is 11.2. The molecule has 0 aromatic carbocycles. The van der Waals surface area contributed by atoms with E-state index in [1.807, 2.05) is 0 Å². The lowest BCUT2D eigenvalue weighted by Crippen LogP contribution is -2.37. The Bertz CT molecular complexity index is 125. The second-order valence-electron chi connectivity index (χ2n) is 4.35. The highest BCUT2D eigenvalue weighted by Gasteiger charge is 1.97. The zero-order valence-electron chi connectivity index (χ0n) is 11.0. The number of nitrogens with one attached hydrogen (secondary N) is 2. The van der Waals surface area contributed by atoms with Crippen LogP contribution in [0, 0.1) is 0 Å². The SMILES string of the molecule is CCC(N)NCCCCCCNC(N)CC. The Labute approximate surface area is 101 Å². The van der Waals surface area contributed by atoms with Gasteiger partial charge in [-0.3, -0.25) is 0 Å². The van der Waals surface area contributed by atoms with Gasteiger partial charge in [-0.2, -0.15) is 0 Å². The first-order chi connectivity index (χ1) is 7.70. The molecule has 0 aliphatic carbocycles. The highest BCUT2D eigenvalue weighted by atomic mass is 15.0. The second kappa shape index (κ2) is 11.3. The van der Waals surface area contributed by atoms with Gasteiger partial charge in [0.1, 0.15) is 0 Å². The van der Waals surface area contributed by atoms with E-state index in [-0.39, 0.29) is 12.3 Å². The van der Waals surface area contributed by atoms with Crippen molar-refractivity contribution in [1.29, 1.82) is 0 Å². The van der Waals surface area contributed by atoms with Crippen LogP contribution in [0.4, 0.5) is 0 Å². The first-order valence-electron chi connectivity index (χ1n) is 6.68. The number of rotatable bonds is 11. The molecule has 0 aromatic heterocycles. The van der Waals surface area contributed by atoms with Gasteiger partial charge in [0.05, 0.1) is 12.3 Å². The van der Waals surface area contributed by atoms with Crippen LogP contribution in [0.3, 0.4) is 0 Å². The molecule has 0 heterocycles. The Balaban J connectivity index is 3.04. The lowest BCUT2D eigenvalue weighted by molar-refractivity contribution is 0.473. The lowest BCUT2D eigenvalue weighted by Gasteiger charge is -2.12. The summed E-state index contributed by atoms with van der Waals surface area (Å²) in [7, 11) is 0. The van der Waals surface area contributed by atoms with Gasteiger partial charge < -0.3 is 22.1 Å². The summed E-state index contributed by atoms with van der Waals surface area (Å²) < 4.78 is 0. The van der Waals surface area contributed by atoms with Crippen molar-refractivity contribution in [3.05, 3.63) is 0 Å². The van der Waals surface area contributed by atoms with Crippen LogP contribution >= 0.6 is 0 Å². The molecule has 0 saturated carbocycles. The summed E-state index contributed by atoms with van der Waals surface area (Å²) in [5, 5.41) is 6.59. The molecule has 16 heavy (non-hydrogen) atoms. The van der Waals surface area contributed by atoms with Crippen molar-refractivity contribution < 1.29 is 0 Å². The molecular formula is C12H30N4. The summed E-state index contributed by atoms with van der Waals surface area (Å²) in [5.41, 5.74) is 11.5. The average Bonchev–Trinajstić information content (AvgIpc) is 2.31. The monoisotopic (exact) mass is 230 g/mol. The van der Waals surface area contributed by atoms with Crippen molar-refractivity contribution in [2.75, 3.05) is 13.1 Å². The van der Waals surface area contributed by atoms with Gasteiger partial charge in [0.15, 0.2) is 0 Å². The molecule has 0 bridgehead atoms. The van der Waals surface area contributed by atoms with E-state index in [2.05, 4.69) is 24.5 Å². The highest BCUT2D eigenvalue weighted by Crippen LogP contribution is 1.98. The predicted octanol–water partition coefficient (Wildman–Crippen LogP) is 1.12. The van der Waals surface area contributed by atoms with Crippen LogP contribution in [0.2, 0.25) is 0 Å². The fraction of sp³-hybridized carbons (Fsp3) is 1.00. The van der Waals surface area contributed by atoms with E-state index in [9.17, 15) is 0 Å². The van der Waals surface area contributed by atoms with E-state index >= 15 is 0 Å². The standard InChI is InChI=1S/C12H30N4/c1-3-11(13)15-9-7-5-6-8-10-16-12(14)4-2/h11-12,15-16H,3-10,13-14H2,1-2H3. The maximum absolute atomic E-state index is 5.75. The van der Waals surface area contributed by atoms with Crippen LogP contribution in [-0.2, 0) is 0 Å². The molecule has 0 fully saturated rings. The number of hydrogen-bond acceptors (Lipinski definition) is 4. The summed E-state index contributed by atoms with van der Waals surface area (Å²) in [5.74, 6) is 0. The number of nitrogens with two attached hydrogens (primary N) is 2. The van der Waals surface area contributed by atoms with Gasteiger partial charge in [-0.25, -0.2) is 0 Å². The van der Waals surface area contributed by atoms with E-state index in [1.54, 1.807) is 0 Å². The van der Waals surface area contributed by atoms with Gasteiger partial charge in [0.25, 0.3) is 0 Å². The maximum Gasteiger partial charge on any atom is 0.0543 e. The molecule has 0 aliphatic rings. The minimum Gasteiger partial charge on any atom is -0.316 e. The Hall–Kier alpha value is -0.160. The Morgan fingerprint density at radius 2 is 1.12 bits per heavy atom. The fourth-order valence-electron chi connectivity index (χ4n) is 1.47. The summed E-state index contributed by atoms with van der Waals surface area (Å²) >= 11 is 0. The first kappa shape index (κ1) is 15.8. The minimum atomic E-state index is 0.171. The van der Waals surface area contributed by atoms with Crippen molar-refractivity contribution in [2.24, 2.45) is 11.5 Å². The molecular weight excluding hydrogens is 200 g/mol. The van der Waals surface area contributed by atoms with Gasteiger partial charge >= 0.3 is 0 Å². The third-order valence-electron chi connectivity index (χ3n) is 2.80. The quantitative estimate of drug-likeness (QED) is 0.317. The van der Waals surface area contributed by atoms with Crippen molar-refractivity contribution in [3.63, 3.8) is 0 Å². The Morgan fingerprint density at radius 1 is 0.750 bits per heavy atom. The van der Waals surface area contributed by atoms with E-state index in [0.717, 1.165) is 25.9 Å². The molecule has 2 atom stereocenters. The number of unbranched alkanes of at least 4 members (excludes halogenated alkanes) is 3. The van der Waals surface area contributed by atoms with Gasteiger partial charge in [-0.1, -0.05) is 26.7 Å². The maximum atomic E-state index is 5.75. The molecule has 0 saturated heterocycles. The van der Waals surface area contributed by atoms with Crippen molar-refractivity contribution >= 4 is 0 Å². The normalized spacial score (nSPS) is 15.0. The molecule has 0 aliphatic heterocycles. The molecule has 0 spiro atoms. The van der Waals surface area contributed by atoms with Crippen LogP contribution in [-0.4, -0.2) is 25.4 Å². The molecule has 0 rings (SSSR count). The van der Waals surface area contributed by atoms with E-state index in [4.69, 9.17) is 11.5 Å². The molecule has 98 valence electrons. The summed E-state index contributed by atoms with van der Waals surface area (Å²) in [6.07, 6.45) is 7.31. The Morgan fingerprint density at radius 3 is 1.44 bits per heavy atom. The fourth-order valence-corrected chi connectivity index (χ4v) is 1.47. The molecule has 0 aromatic rings. The highest BCUT2D eigenvalue weighted by molar-refractivity contribution is 4.58. The lowest BCUT2D eigenvalue weighted by atomic mass is 10.2. The molecule has 4 nitrogen and oxygen atoms in total. The topological polar surface area (TPSA) is 76.1 Å². The van der Waals surface area contributed by atoms with Crippen molar-refractivity contribution in [3.8, 4) is 0 Å². The van der Waals surface area contributed by atoms with Crippen LogP contribution in [0.5, 0.6) is 0 Å². The van der Waals surface area contributed by atoms with Crippen LogP contribution in [0.1, 0.15) is 52.4 Å². The molecule has 0 amide bonds. The molecule has 2 unspecified atom stereocenters. The van der Waals surface area contributed by atoms with E-state index in [0.29, 0.717) is 0 Å². The van der Waals surface area contributed by atoms with Crippen LogP contribution in [0.15, 0.2) is 0 Å². The zero-order chi connectivity index (χ0) is 12.2. The van der Waals surface area contributed by atoms with Gasteiger partial charge in [-0.15, -0.1) is 0 Å². The second-order valence-corrected chi connectivity index (χ2v) is 4.35. The first-order valence-corrected chi connectivity index (χ1v) is 6.68. The van der Waals surface area contributed by atoms with Gasteiger partial charge in [0, 0.05) is 0 Å². The zero-order valence-corrected chi connectivity index (χ0v) is 11.0. The van der Waals surface area contributed by atoms with Gasteiger partial charge in [-0.05, 0) is 38.8 Å². The number of hydrogen-bond donors (Lipinski definition) is 4. The van der Waals surface area contributed by atoms with E-state index < -0.39 is 0 Å². The summed E-state index contributed by atoms with van der Waals surface area (Å²) in [6.45, 7) is 6.27. The average molecular weight is 230 g/mol. The molecule has 0 radical (unpaired) electrons. The van der Waals surface area contributed by atoms with Crippen LogP contribution < -0.4 is 22.1 Å². The van der Waals surface area contributed by atoms with Crippen LogP contribution in [0.25, 0.3) is 0 Å².